The summed E-state index contributed by atoms with van der Waals surface area (Å²) in [5.41, 5.74) is 7.43. The third-order valence-electron chi connectivity index (χ3n) is 21.4. The molecule has 53 nitrogen and oxygen atoms in total. The van der Waals surface area contributed by atoms with Crippen molar-refractivity contribution in [2.24, 2.45) is 0 Å². The topological polar surface area (TPSA) is 702 Å². The summed E-state index contributed by atoms with van der Waals surface area (Å²) in [6, 6.07) is -5.59. The molecule has 129 heavy (non-hydrogen) atoms. The maximum Gasteiger partial charge on any atom is 0.342 e. The van der Waals surface area contributed by atoms with Crippen molar-refractivity contribution in [1.29, 1.82) is 0 Å². The minimum Gasteiger partial charge on any atom is -0.394 e. The lowest BCUT2D eigenvalue weighted by Crippen LogP contribution is -2.97. The number of hydrogen-bond acceptors (Lipinski definition) is 43. The van der Waals surface area contributed by atoms with Crippen molar-refractivity contribution in [3.05, 3.63) is 58.7 Å². The lowest BCUT2D eigenvalue weighted by Gasteiger charge is -2.42. The molecule has 21 atom stereocenters. The molecule has 0 bridgehead atoms. The molecule has 53 heteroatoms. The molecule has 0 radical (unpaired) electrons. The zero-order valence-electron chi connectivity index (χ0n) is 72.4. The van der Waals surface area contributed by atoms with Crippen LogP contribution in [-0.4, -0.2) is 436 Å². The van der Waals surface area contributed by atoms with Crippen molar-refractivity contribution in [2.45, 2.75) is 235 Å². The number of carbonyl (C=O) groups is 8. The average Bonchev–Trinajstić information content (AvgIpc) is 1.01. The van der Waals surface area contributed by atoms with E-state index in [0.717, 1.165) is 5.70 Å². The molecule has 9 rings (SSSR count). The van der Waals surface area contributed by atoms with E-state index in [1.54, 1.807) is 28.8 Å². The number of nitrogens with zero attached hydrogens (tertiary/aromatic N) is 12. The number of amides is 6. The Kier molecular flexibility index (Phi) is 42.9. The number of quaternary nitrogens is 1. The molecule has 0 saturated carbocycles. The van der Waals surface area contributed by atoms with Gasteiger partial charge in [0.15, 0.2) is 25.2 Å². The molecule has 9 heterocycles. The highest BCUT2D eigenvalue weighted by atomic mass is 16.7. The van der Waals surface area contributed by atoms with Gasteiger partial charge in [-0.25, -0.2) is 34.1 Å². The number of aliphatic hydroxyl groups excluding tert-OH is 12. The number of hydrogen-bond donors (Lipinski definition) is 20. The second-order valence-electron chi connectivity index (χ2n) is 31.3. The highest BCUT2D eigenvalue weighted by Gasteiger charge is 2.50. The first-order valence-electron chi connectivity index (χ1n) is 42.5. The number of ether oxygens (including phenoxy) is 13. The normalized spacial score (nSPS) is 27.4. The van der Waals surface area contributed by atoms with Crippen molar-refractivity contribution >= 4 is 47.4 Å². The van der Waals surface area contributed by atoms with Gasteiger partial charge >= 0.3 is 11.9 Å². The molecule has 4 fully saturated rings. The Hall–Kier alpha value is -8.62. The number of esters is 2. The number of carbonyl (C=O) groups excluding carboxylic acids is 8. The van der Waals surface area contributed by atoms with Crippen LogP contribution in [0.15, 0.2) is 41.6 Å². The zero-order valence-corrected chi connectivity index (χ0v) is 72.4. The van der Waals surface area contributed by atoms with Gasteiger partial charge in [-0.05, 0) is 32.7 Å². The molecule has 21 N–H and O–H groups in total. The van der Waals surface area contributed by atoms with Crippen molar-refractivity contribution in [3.8, 4) is 0 Å². The SMILES string of the molecule is CC(=O)NC1C(OCCOCCN2C=C(CN(CCCCC(C(=O)NCCNC(=O)CCC3=C(C)C(=O)OC3=O)N(Cc3cn(CCOCCOC4OC(CO)C(O)C(O)C4NC(C)=O)nn3)Cc3cn(CCOCCOC4OC(CO)C(O)C(O)C4NC(C)=O)nn3)Cc3cn(CCOCCOC4OC(CO)C(O)C(O)C4NC(C)=O)nn3)N[NH2+]2)OC(CO)C(O)C1O. The maximum absolute atomic E-state index is 15.1. The van der Waals surface area contributed by atoms with E-state index in [9.17, 15) is 94.8 Å². The first kappa shape index (κ1) is 104. The monoisotopic (exact) mass is 1850 g/mol. The maximum atomic E-state index is 15.1. The number of aliphatic hydroxyl groups is 12. The molecule has 4 saturated heterocycles. The largest absolute Gasteiger partial charge is 0.394 e. The van der Waals surface area contributed by atoms with E-state index in [1.807, 2.05) is 16.1 Å². The van der Waals surface area contributed by atoms with Crippen LogP contribution in [0.5, 0.6) is 0 Å². The van der Waals surface area contributed by atoms with Crippen molar-refractivity contribution in [2.75, 3.05) is 138 Å². The predicted octanol–water partition coefficient (Wildman–Crippen LogP) is -13.0. The number of nitrogens with two attached hydrogens (primary N) is 1. The minimum atomic E-state index is -1.52. The van der Waals surface area contributed by atoms with Gasteiger partial charge in [-0.15, -0.1) is 20.8 Å². The van der Waals surface area contributed by atoms with Gasteiger partial charge < -0.3 is 155 Å². The molecule has 0 spiro atoms. The van der Waals surface area contributed by atoms with E-state index in [1.165, 1.54) is 44.0 Å². The van der Waals surface area contributed by atoms with E-state index in [2.05, 4.69) is 77.9 Å². The van der Waals surface area contributed by atoms with Gasteiger partial charge in [0.2, 0.25) is 35.4 Å². The van der Waals surface area contributed by atoms with Crippen LogP contribution in [0.3, 0.4) is 0 Å². The molecule has 0 aromatic carbocycles. The summed E-state index contributed by atoms with van der Waals surface area (Å²) in [4.78, 5) is 105. The Morgan fingerprint density at radius 1 is 0.481 bits per heavy atom. The first-order chi connectivity index (χ1) is 61.9. The summed E-state index contributed by atoms with van der Waals surface area (Å²) >= 11 is 0. The van der Waals surface area contributed by atoms with Gasteiger partial charge in [0.05, 0.1) is 161 Å². The number of unbranched alkanes of at least 4 members (excludes halogenated alkanes) is 1. The molecule has 6 aliphatic heterocycles. The fraction of sp³-hybridized carbons (Fsp3) is 0.763. The summed E-state index contributed by atoms with van der Waals surface area (Å²) in [5, 5.41) is 168. The second kappa shape index (κ2) is 53.2. The lowest BCUT2D eigenvalue weighted by atomic mass is 9.97. The van der Waals surface area contributed by atoms with Crippen molar-refractivity contribution in [3.63, 3.8) is 0 Å². The molecule has 21 unspecified atom stereocenters. The molecule has 6 aliphatic rings. The van der Waals surface area contributed by atoms with E-state index in [-0.39, 0.29) is 162 Å². The van der Waals surface area contributed by atoms with Gasteiger partial charge in [0, 0.05) is 103 Å². The van der Waals surface area contributed by atoms with Gasteiger partial charge in [0.1, 0.15) is 103 Å². The Labute approximate surface area is 740 Å². The molecule has 3 aromatic heterocycles. The molecule has 6 amide bonds. The molecule has 0 aliphatic carbocycles. The third kappa shape index (κ3) is 32.1. The van der Waals surface area contributed by atoms with Gasteiger partial charge in [-0.2, -0.15) is 0 Å². The standard InChI is InChI=1S/C76H124N20O33/c1-42-51(72(116)129-71(42)115)9-10-57(105)77-11-12-78-70(114)52(92(32-49-36-95(89-85-49)16-20-119-24-28-123-75-60(81-45(4)103)68(112)64(108)55(40-99)127-75)33-50-37-96(90-86-50)17-21-120-25-29-124-76-61(82-46(5)104)69(113)65(109)56(41-100)128-76)8-6-7-13-91(30-47-34-93(87-83-47)14-18-117-22-26-121-73-58(79-43(2)101)66(110)62(106)53(38-97)125-73)31-48-35-94(88-84-48)15-19-118-23-27-122-74-59(80-44(3)102)67(111)63(107)54(39-98)126-74/h34-37,52-56,58-69,73-76,83,87,97-100,106-113H,6-33,38-41H2,1-5H3,(H,77,105)(H,78,114)(H,79,101)(H,80,102)(H,81,103)(H,82,104)/p+1. The molecular weight excluding hydrogens is 1720 g/mol. The highest BCUT2D eigenvalue weighted by Crippen LogP contribution is 2.28. The second-order valence-corrected chi connectivity index (χ2v) is 31.3. The third-order valence-corrected chi connectivity index (χ3v) is 21.4. The van der Waals surface area contributed by atoms with Gasteiger partial charge in [-0.3, -0.25) is 38.6 Å². The Bertz CT molecular complexity index is 3960. The summed E-state index contributed by atoms with van der Waals surface area (Å²) in [7, 11) is 0. The quantitative estimate of drug-likeness (QED) is 0.0108. The Balaban J connectivity index is 0.895. The fourth-order valence-electron chi connectivity index (χ4n) is 14.8. The first-order valence-corrected chi connectivity index (χ1v) is 42.5. The predicted molar refractivity (Wildman–Crippen MR) is 430 cm³/mol. The van der Waals surface area contributed by atoms with E-state index >= 15 is 4.79 Å². The number of rotatable bonds is 57. The van der Waals surface area contributed by atoms with Crippen molar-refractivity contribution < 1.29 is 167 Å². The van der Waals surface area contributed by atoms with Crippen molar-refractivity contribution in [1.82, 2.24) is 97.1 Å². The summed E-state index contributed by atoms with van der Waals surface area (Å²) in [6.07, 6.45) is -13.9. The molecular formula is C76H125N20O33+. The molecule has 3 aromatic rings. The van der Waals surface area contributed by atoms with Crippen LogP contribution < -0.4 is 42.9 Å². The Morgan fingerprint density at radius 3 is 1.22 bits per heavy atom. The minimum absolute atomic E-state index is 0.0133. The van der Waals surface area contributed by atoms with Crippen LogP contribution in [0.4, 0.5) is 0 Å². The van der Waals surface area contributed by atoms with Gasteiger partial charge in [-0.1, -0.05) is 22.1 Å². The average molecular weight is 1850 g/mol. The van der Waals surface area contributed by atoms with E-state index in [4.69, 9.17) is 56.8 Å². The van der Waals surface area contributed by atoms with E-state index < -0.39 is 202 Å². The van der Waals surface area contributed by atoms with Crippen LogP contribution in [0.2, 0.25) is 0 Å². The van der Waals surface area contributed by atoms with Crippen LogP contribution >= 0.6 is 0 Å². The zero-order chi connectivity index (χ0) is 93.2. The summed E-state index contributed by atoms with van der Waals surface area (Å²) in [6.45, 7) is 5.81. The summed E-state index contributed by atoms with van der Waals surface area (Å²) < 4.78 is 78.6. The van der Waals surface area contributed by atoms with Crippen LogP contribution in [0.25, 0.3) is 0 Å². The van der Waals surface area contributed by atoms with Crippen LogP contribution in [0, 0.1) is 0 Å². The van der Waals surface area contributed by atoms with Crippen LogP contribution in [-0.2, 0) is 139 Å². The van der Waals surface area contributed by atoms with Gasteiger partial charge in [0.25, 0.3) is 0 Å². The lowest BCUT2D eigenvalue weighted by molar-refractivity contribution is -0.823. The summed E-state index contributed by atoms with van der Waals surface area (Å²) in [5.74, 6) is -4.62. The number of aromatic nitrogens is 9. The van der Waals surface area contributed by atoms with Crippen LogP contribution in [0.1, 0.15) is 83.8 Å². The highest BCUT2D eigenvalue weighted by molar-refractivity contribution is 6.12. The van der Waals surface area contributed by atoms with E-state index in [0.29, 0.717) is 49.6 Å². The molecule has 726 valence electrons. The Morgan fingerprint density at radius 2 is 0.853 bits per heavy atom. The smallest absolute Gasteiger partial charge is 0.342 e. The number of nitrogens with one attached hydrogen (secondary N) is 7. The fourth-order valence-corrected chi connectivity index (χ4v) is 14.8. The number of cyclic esters (lactones) is 2.